The Kier molecular flexibility index (Phi) is 9.80. The van der Waals surface area contributed by atoms with Crippen LogP contribution < -0.4 is 21.2 Å². The van der Waals surface area contributed by atoms with E-state index in [-0.39, 0.29) is 42.6 Å². The van der Waals surface area contributed by atoms with Crippen LogP contribution in [0.25, 0.3) is 11.3 Å². The number of halogens is 3. The third kappa shape index (κ3) is 6.72. The van der Waals surface area contributed by atoms with E-state index < -0.39 is 22.2 Å². The molecule has 6 rings (SSSR count). The first-order valence-corrected chi connectivity index (χ1v) is 17.4. The highest BCUT2D eigenvalue weighted by Gasteiger charge is 2.45. The van der Waals surface area contributed by atoms with E-state index in [2.05, 4.69) is 46.7 Å². The van der Waals surface area contributed by atoms with Gasteiger partial charge in [0.25, 0.3) is 0 Å². The Labute approximate surface area is 288 Å². The molecule has 4 aromatic rings. The van der Waals surface area contributed by atoms with Gasteiger partial charge in [0.15, 0.2) is 0 Å². The molecule has 2 aromatic heterocycles. The number of para-hydroxylation sites is 1. The molecule has 2 unspecified atom stereocenters. The lowest BCUT2D eigenvalue weighted by atomic mass is 9.97. The largest absolute Gasteiger partial charge is 0.368 e. The molecule has 0 bridgehead atoms. The summed E-state index contributed by atoms with van der Waals surface area (Å²) in [6.07, 6.45) is 5.41. The molecule has 2 fully saturated rings. The zero-order valence-electron chi connectivity index (χ0n) is 25.5. The van der Waals surface area contributed by atoms with E-state index in [1.54, 1.807) is 40.5 Å². The number of nitrogens with zero attached hydrogens (tertiary/aromatic N) is 6. The monoisotopic (exact) mass is 768 g/mol. The molecule has 3 atom stereocenters. The number of amides is 3. The van der Waals surface area contributed by atoms with Gasteiger partial charge in [0.1, 0.15) is 17.5 Å². The van der Waals surface area contributed by atoms with E-state index in [1.165, 1.54) is 16.7 Å². The van der Waals surface area contributed by atoms with E-state index in [0.717, 1.165) is 5.69 Å². The number of rotatable bonds is 7. The lowest BCUT2D eigenvalue weighted by Crippen LogP contribution is -2.65. The van der Waals surface area contributed by atoms with E-state index in [9.17, 15) is 18.8 Å². The van der Waals surface area contributed by atoms with E-state index in [4.69, 9.17) is 5.73 Å². The smallest absolute Gasteiger partial charge is 0.327 e. The summed E-state index contributed by atoms with van der Waals surface area (Å²) in [5, 5.41) is 0.244. The first-order valence-electron chi connectivity index (χ1n) is 15.3. The minimum Gasteiger partial charge on any atom is -0.368 e. The molecule has 0 aliphatic carbocycles. The van der Waals surface area contributed by atoms with Crippen LogP contribution in [-0.4, -0.2) is 91.7 Å². The maximum Gasteiger partial charge on any atom is 0.327 e. The Bertz CT molecular complexity index is 1750. The van der Waals surface area contributed by atoms with Crippen LogP contribution in [0.4, 0.5) is 20.6 Å². The molecule has 11 nitrogen and oxygen atoms in total. The van der Waals surface area contributed by atoms with Crippen molar-refractivity contribution in [1.82, 2.24) is 24.3 Å². The fourth-order valence-corrected chi connectivity index (χ4v) is 7.57. The number of likely N-dealkylation sites (tertiary alicyclic amines) is 1. The number of carbonyl (C=O) groups excluding carboxylic acids is 2. The van der Waals surface area contributed by atoms with Crippen molar-refractivity contribution in [3.63, 3.8) is 0 Å². The predicted octanol–water partition coefficient (Wildman–Crippen LogP) is 4.20. The van der Waals surface area contributed by atoms with Crippen LogP contribution >= 0.6 is 31.9 Å². The second kappa shape index (κ2) is 14.0. The normalized spacial score (nSPS) is 20.6. The van der Waals surface area contributed by atoms with Crippen LogP contribution in [-0.2, 0) is 10.5 Å². The predicted molar refractivity (Wildman–Crippen MR) is 186 cm³/mol. The number of anilines is 2. The Morgan fingerprint density at radius 2 is 1.68 bits per heavy atom. The SMILES string of the molecule is NC1(n2cc(-c3ccc(F)cc3)[nH]c2=O)CCN(C(=O)N(c2ccccc2)[C@@H](CBr)C(=O)N2CCN(c3ccncc3)CC2)CC1Br. The Balaban J connectivity index is 1.20. The zero-order chi connectivity index (χ0) is 33.1. The summed E-state index contributed by atoms with van der Waals surface area (Å²) in [7, 11) is 0. The highest BCUT2D eigenvalue weighted by molar-refractivity contribution is 9.09. The van der Waals surface area contributed by atoms with Crippen LogP contribution in [0.1, 0.15) is 6.42 Å². The number of piperidine rings is 1. The number of nitrogens with one attached hydrogen (secondary N) is 1. The number of H-pyrrole nitrogens is 1. The lowest BCUT2D eigenvalue weighted by molar-refractivity contribution is -0.132. The number of imidazole rings is 1. The summed E-state index contributed by atoms with van der Waals surface area (Å²) >= 11 is 7.23. The summed E-state index contributed by atoms with van der Waals surface area (Å²) in [5.41, 5.74) is 8.14. The quantitative estimate of drug-likeness (QED) is 0.272. The summed E-state index contributed by atoms with van der Waals surface area (Å²) in [4.78, 5) is 55.2. The molecule has 3 amide bonds. The molecular weight excluding hydrogens is 735 g/mol. The summed E-state index contributed by atoms with van der Waals surface area (Å²) in [5.74, 6) is -0.512. The molecule has 47 heavy (non-hydrogen) atoms. The van der Waals surface area contributed by atoms with Gasteiger partial charge in [0, 0.05) is 81.0 Å². The number of hydrogen-bond acceptors (Lipinski definition) is 6. The van der Waals surface area contributed by atoms with Crippen molar-refractivity contribution in [2.24, 2.45) is 5.73 Å². The number of benzene rings is 2. The molecule has 0 spiro atoms. The van der Waals surface area contributed by atoms with Gasteiger partial charge < -0.3 is 25.4 Å². The molecule has 3 N–H and O–H groups in total. The molecule has 2 aliphatic heterocycles. The van der Waals surface area contributed by atoms with Crippen molar-refractivity contribution in [3.8, 4) is 11.3 Å². The molecule has 2 saturated heterocycles. The number of aromatic amines is 1. The number of hydrogen-bond donors (Lipinski definition) is 2. The van der Waals surface area contributed by atoms with Gasteiger partial charge in [-0.15, -0.1) is 0 Å². The van der Waals surface area contributed by atoms with Crippen molar-refractivity contribution < 1.29 is 14.0 Å². The molecule has 246 valence electrons. The summed E-state index contributed by atoms with van der Waals surface area (Å²) in [6.45, 7) is 2.82. The van der Waals surface area contributed by atoms with Crippen molar-refractivity contribution in [2.45, 2.75) is 23.0 Å². The van der Waals surface area contributed by atoms with Gasteiger partial charge in [-0.05, 0) is 54.1 Å². The van der Waals surface area contributed by atoms with Gasteiger partial charge in [-0.2, -0.15) is 0 Å². The van der Waals surface area contributed by atoms with Crippen LogP contribution in [0.15, 0.2) is 90.1 Å². The third-order valence-electron chi connectivity index (χ3n) is 8.90. The topological polar surface area (TPSA) is 124 Å². The Morgan fingerprint density at radius 3 is 2.32 bits per heavy atom. The van der Waals surface area contributed by atoms with Gasteiger partial charge in [0.05, 0.1) is 10.5 Å². The maximum atomic E-state index is 14.4. The van der Waals surface area contributed by atoms with Crippen LogP contribution in [0.5, 0.6) is 0 Å². The molecular formula is C33H35Br2FN8O3. The number of carbonyl (C=O) groups is 2. The minimum atomic E-state index is -1.15. The number of urea groups is 1. The fraction of sp³-hybridized carbons (Fsp3) is 0.333. The average Bonchev–Trinajstić information content (AvgIpc) is 3.51. The van der Waals surface area contributed by atoms with Crippen molar-refractivity contribution in [2.75, 3.05) is 54.4 Å². The number of alkyl halides is 2. The molecule has 0 radical (unpaired) electrons. The molecule has 4 heterocycles. The molecule has 0 saturated carbocycles. The highest BCUT2D eigenvalue weighted by Crippen LogP contribution is 2.33. The van der Waals surface area contributed by atoms with E-state index in [0.29, 0.717) is 43.1 Å². The maximum absolute atomic E-state index is 14.4. The average molecular weight is 771 g/mol. The van der Waals surface area contributed by atoms with Crippen LogP contribution in [0.2, 0.25) is 0 Å². The van der Waals surface area contributed by atoms with Gasteiger partial charge >= 0.3 is 11.7 Å². The van der Waals surface area contributed by atoms with E-state index >= 15 is 0 Å². The standard InChI is InChI=1S/C33H35Br2FN8O3/c34-20-28(30(45)41-18-16-40(17-19-41)25-10-13-38-14-11-25)44(26-4-2-1-3-5-26)32(47)42-15-12-33(37,29(35)22-42)43-21-27(39-31(43)46)23-6-8-24(36)9-7-23/h1-11,13-14,21,28-29H,12,15-20,22,37H2,(H,39,46)/t28-,29?,33?/m0/s1. The van der Waals surface area contributed by atoms with Crippen molar-refractivity contribution in [3.05, 3.63) is 102 Å². The molecule has 2 aliphatic rings. The molecule has 2 aromatic carbocycles. The Hall–Kier alpha value is -4.01. The zero-order valence-corrected chi connectivity index (χ0v) is 28.7. The summed E-state index contributed by atoms with van der Waals surface area (Å²) in [6, 6.07) is 17.8. The lowest BCUT2D eigenvalue weighted by Gasteiger charge is -2.45. The minimum absolute atomic E-state index is 0.138. The number of pyridine rings is 1. The van der Waals surface area contributed by atoms with Crippen LogP contribution in [0, 0.1) is 5.82 Å². The summed E-state index contributed by atoms with van der Waals surface area (Å²) < 4.78 is 14.9. The number of aromatic nitrogens is 3. The Morgan fingerprint density at radius 1 is 1.00 bits per heavy atom. The highest BCUT2D eigenvalue weighted by atomic mass is 79.9. The van der Waals surface area contributed by atoms with Crippen molar-refractivity contribution in [1.29, 1.82) is 0 Å². The first kappa shape index (κ1) is 32.9. The van der Waals surface area contributed by atoms with E-state index in [1.807, 2.05) is 47.4 Å². The van der Waals surface area contributed by atoms with Gasteiger partial charge in [-0.25, -0.2) is 14.0 Å². The van der Waals surface area contributed by atoms with Crippen molar-refractivity contribution >= 4 is 55.2 Å². The first-order chi connectivity index (χ1) is 22.7. The number of piperazine rings is 1. The van der Waals surface area contributed by atoms with Gasteiger partial charge in [-0.3, -0.25) is 19.2 Å². The number of nitrogens with two attached hydrogens (primary N) is 1. The fourth-order valence-electron chi connectivity index (χ4n) is 6.20. The van der Waals surface area contributed by atoms with Gasteiger partial charge in [0.2, 0.25) is 5.91 Å². The van der Waals surface area contributed by atoms with Crippen LogP contribution in [0.3, 0.4) is 0 Å². The third-order valence-corrected chi connectivity index (χ3v) is 10.6. The molecule has 14 heteroatoms. The van der Waals surface area contributed by atoms with Gasteiger partial charge in [-0.1, -0.05) is 50.1 Å². The second-order valence-corrected chi connectivity index (χ2v) is 13.4. The second-order valence-electron chi connectivity index (χ2n) is 11.7.